The number of sulfonamides is 1. The van der Waals surface area contributed by atoms with Gasteiger partial charge < -0.3 is 5.32 Å². The number of benzene rings is 2. The third-order valence-corrected chi connectivity index (χ3v) is 4.81. The fraction of sp³-hybridized carbons (Fsp3) is 0.350. The van der Waals surface area contributed by atoms with Gasteiger partial charge in [-0.25, -0.2) is 8.42 Å². The van der Waals surface area contributed by atoms with E-state index in [1.807, 2.05) is 30.3 Å². The molecule has 0 bridgehead atoms. The number of nitrogens with zero attached hydrogens (tertiary/aromatic N) is 1. The number of hydrogen-bond acceptors (Lipinski definition) is 4. The quantitative estimate of drug-likeness (QED) is 0.691. The van der Waals surface area contributed by atoms with Crippen molar-refractivity contribution in [3.63, 3.8) is 0 Å². The molecule has 0 aromatic heterocycles. The summed E-state index contributed by atoms with van der Waals surface area (Å²) in [5, 5.41) is 2.86. The molecule has 2 aromatic rings. The highest BCUT2D eigenvalue weighted by Crippen LogP contribution is 2.12. The summed E-state index contributed by atoms with van der Waals surface area (Å²) >= 11 is 0. The third-order valence-electron chi connectivity index (χ3n) is 4.20. The van der Waals surface area contributed by atoms with E-state index in [2.05, 4.69) is 28.8 Å². The highest BCUT2D eigenvalue weighted by atomic mass is 32.2. The van der Waals surface area contributed by atoms with Gasteiger partial charge in [-0.2, -0.15) is 0 Å². The van der Waals surface area contributed by atoms with Crippen LogP contribution in [-0.2, 0) is 23.1 Å². The predicted octanol–water partition coefficient (Wildman–Crippen LogP) is 2.83. The van der Waals surface area contributed by atoms with E-state index in [1.54, 1.807) is 18.2 Å². The lowest BCUT2D eigenvalue weighted by molar-refractivity contribution is 0.0951. The van der Waals surface area contributed by atoms with Crippen molar-refractivity contribution in [2.45, 2.75) is 26.9 Å². The predicted molar refractivity (Wildman–Crippen MR) is 109 cm³/mol. The zero-order chi connectivity index (χ0) is 19.9. The van der Waals surface area contributed by atoms with Crippen LogP contribution in [0.1, 0.15) is 35.3 Å². The first-order chi connectivity index (χ1) is 12.8. The SMILES string of the molecule is CCN(CC)Cc1ccc(C(=O)NCc2cccc(NS(C)(=O)=O)c2)cc1. The maximum absolute atomic E-state index is 12.3. The second-order valence-electron chi connectivity index (χ2n) is 6.42. The van der Waals surface area contributed by atoms with Crippen LogP contribution in [0.4, 0.5) is 5.69 Å². The summed E-state index contributed by atoms with van der Waals surface area (Å²) in [5.74, 6) is -0.161. The Kier molecular flexibility index (Phi) is 7.38. The molecule has 1 amide bonds. The Morgan fingerprint density at radius 1 is 1.00 bits per heavy atom. The van der Waals surface area contributed by atoms with E-state index >= 15 is 0 Å². The van der Waals surface area contributed by atoms with Gasteiger partial charge in [0.1, 0.15) is 0 Å². The molecule has 0 aliphatic heterocycles. The first-order valence-electron chi connectivity index (χ1n) is 8.97. The summed E-state index contributed by atoms with van der Waals surface area (Å²) in [5.41, 5.74) is 3.07. The number of hydrogen-bond donors (Lipinski definition) is 2. The minimum Gasteiger partial charge on any atom is -0.348 e. The molecular formula is C20H27N3O3S. The Hall–Kier alpha value is -2.38. The number of nitrogens with one attached hydrogen (secondary N) is 2. The summed E-state index contributed by atoms with van der Waals surface area (Å²) in [6.07, 6.45) is 1.10. The monoisotopic (exact) mass is 389 g/mol. The van der Waals surface area contributed by atoms with Crippen LogP contribution in [0.5, 0.6) is 0 Å². The van der Waals surface area contributed by atoms with Crippen LogP contribution in [0.3, 0.4) is 0 Å². The molecule has 2 N–H and O–H groups in total. The first-order valence-corrected chi connectivity index (χ1v) is 10.9. The number of carbonyl (C=O) groups is 1. The van der Waals surface area contributed by atoms with Gasteiger partial charge >= 0.3 is 0 Å². The Bertz CT molecular complexity index is 860. The smallest absolute Gasteiger partial charge is 0.251 e. The highest BCUT2D eigenvalue weighted by molar-refractivity contribution is 7.92. The van der Waals surface area contributed by atoms with Crippen LogP contribution < -0.4 is 10.0 Å². The summed E-state index contributed by atoms with van der Waals surface area (Å²) < 4.78 is 25.1. The van der Waals surface area contributed by atoms with Gasteiger partial charge in [-0.3, -0.25) is 14.4 Å². The van der Waals surface area contributed by atoms with Crippen LogP contribution in [-0.4, -0.2) is 38.6 Å². The Morgan fingerprint density at radius 3 is 2.26 bits per heavy atom. The van der Waals surface area contributed by atoms with Crippen molar-refractivity contribution >= 4 is 21.6 Å². The lowest BCUT2D eigenvalue weighted by Gasteiger charge is -2.18. The van der Waals surface area contributed by atoms with E-state index < -0.39 is 10.0 Å². The van der Waals surface area contributed by atoms with Crippen molar-refractivity contribution in [1.29, 1.82) is 0 Å². The van der Waals surface area contributed by atoms with Gasteiger partial charge in [0, 0.05) is 24.3 Å². The lowest BCUT2D eigenvalue weighted by Crippen LogP contribution is -2.23. The van der Waals surface area contributed by atoms with E-state index in [1.165, 1.54) is 5.56 Å². The molecule has 2 aromatic carbocycles. The van der Waals surface area contributed by atoms with Gasteiger partial charge in [0.2, 0.25) is 10.0 Å². The molecule has 0 saturated carbocycles. The molecular weight excluding hydrogens is 362 g/mol. The zero-order valence-corrected chi connectivity index (χ0v) is 16.8. The molecule has 6 nitrogen and oxygen atoms in total. The average molecular weight is 390 g/mol. The van der Waals surface area contributed by atoms with E-state index in [0.717, 1.165) is 31.5 Å². The number of rotatable bonds is 9. The number of amides is 1. The number of anilines is 1. The summed E-state index contributed by atoms with van der Waals surface area (Å²) in [4.78, 5) is 14.7. The molecule has 0 heterocycles. The molecule has 0 saturated heterocycles. The molecule has 0 aliphatic carbocycles. The van der Waals surface area contributed by atoms with E-state index in [4.69, 9.17) is 0 Å². The molecule has 0 fully saturated rings. The molecule has 7 heteroatoms. The summed E-state index contributed by atoms with van der Waals surface area (Å²) in [6, 6.07) is 14.6. The van der Waals surface area contributed by atoms with Gasteiger partial charge in [0.25, 0.3) is 5.91 Å². The van der Waals surface area contributed by atoms with Crippen molar-refractivity contribution in [3.05, 3.63) is 65.2 Å². The molecule has 0 spiro atoms. The third kappa shape index (κ3) is 7.03. The highest BCUT2D eigenvalue weighted by Gasteiger charge is 2.08. The van der Waals surface area contributed by atoms with Gasteiger partial charge in [0.15, 0.2) is 0 Å². The van der Waals surface area contributed by atoms with E-state index in [-0.39, 0.29) is 5.91 Å². The minimum absolute atomic E-state index is 0.161. The van der Waals surface area contributed by atoms with E-state index in [9.17, 15) is 13.2 Å². The largest absolute Gasteiger partial charge is 0.348 e. The zero-order valence-electron chi connectivity index (χ0n) is 16.0. The van der Waals surface area contributed by atoms with Crippen molar-refractivity contribution in [3.8, 4) is 0 Å². The van der Waals surface area contributed by atoms with Gasteiger partial charge in [-0.15, -0.1) is 0 Å². The molecule has 0 radical (unpaired) electrons. The maximum Gasteiger partial charge on any atom is 0.251 e. The summed E-state index contributed by atoms with van der Waals surface area (Å²) in [7, 11) is -3.33. The van der Waals surface area contributed by atoms with Crippen LogP contribution in [0.25, 0.3) is 0 Å². The van der Waals surface area contributed by atoms with Crippen molar-refractivity contribution < 1.29 is 13.2 Å². The fourth-order valence-corrected chi connectivity index (χ4v) is 3.27. The molecule has 27 heavy (non-hydrogen) atoms. The second kappa shape index (κ2) is 9.53. The van der Waals surface area contributed by atoms with Gasteiger partial charge in [0.05, 0.1) is 6.26 Å². The van der Waals surface area contributed by atoms with Gasteiger partial charge in [-0.1, -0.05) is 38.1 Å². The fourth-order valence-electron chi connectivity index (χ4n) is 2.71. The molecule has 0 unspecified atom stereocenters. The standard InChI is InChI=1S/C20H27N3O3S/c1-4-23(5-2)15-16-9-11-18(12-10-16)20(24)21-14-17-7-6-8-19(13-17)22-27(3,25)26/h6-13,22H,4-5,14-15H2,1-3H3,(H,21,24). The maximum atomic E-state index is 12.3. The van der Waals surface area contributed by atoms with Crippen molar-refractivity contribution in [2.75, 3.05) is 24.1 Å². The van der Waals surface area contributed by atoms with Gasteiger partial charge in [-0.05, 0) is 48.5 Å². The molecule has 0 atom stereocenters. The van der Waals surface area contributed by atoms with Crippen LogP contribution in [0.2, 0.25) is 0 Å². The van der Waals surface area contributed by atoms with Crippen molar-refractivity contribution in [2.24, 2.45) is 0 Å². The van der Waals surface area contributed by atoms with Crippen molar-refractivity contribution in [1.82, 2.24) is 10.2 Å². The second-order valence-corrected chi connectivity index (χ2v) is 8.16. The van der Waals surface area contributed by atoms with E-state index in [0.29, 0.717) is 17.8 Å². The topological polar surface area (TPSA) is 78.5 Å². The average Bonchev–Trinajstić information content (AvgIpc) is 2.63. The van der Waals surface area contributed by atoms with Crippen LogP contribution >= 0.6 is 0 Å². The molecule has 0 aliphatic rings. The van der Waals surface area contributed by atoms with Crippen LogP contribution in [0, 0.1) is 0 Å². The molecule has 146 valence electrons. The Labute approximate surface area is 161 Å². The van der Waals surface area contributed by atoms with Crippen LogP contribution in [0.15, 0.2) is 48.5 Å². The first kappa shape index (κ1) is 20.9. The normalized spacial score (nSPS) is 11.4. The molecule has 2 rings (SSSR count). The Balaban J connectivity index is 1.95. The number of carbonyl (C=O) groups excluding carboxylic acids is 1. The minimum atomic E-state index is -3.33. The lowest BCUT2D eigenvalue weighted by atomic mass is 10.1. The summed E-state index contributed by atoms with van der Waals surface area (Å²) in [6.45, 7) is 7.43. The Morgan fingerprint density at radius 2 is 1.67 bits per heavy atom.